The molecule has 0 unspecified atom stereocenters. The molecular formula is C39H63N3O3. The average molecular weight is 622 g/mol. The van der Waals surface area contributed by atoms with Crippen LogP contribution in [-0.2, 0) is 9.59 Å². The number of carbonyl (C=O) groups excluding carboxylic acids is 3. The van der Waals surface area contributed by atoms with E-state index in [1.807, 2.05) is 6.07 Å². The lowest BCUT2D eigenvalue weighted by atomic mass is 9.69. The summed E-state index contributed by atoms with van der Waals surface area (Å²) < 4.78 is 0. The second-order valence-corrected chi connectivity index (χ2v) is 18.0. The van der Waals surface area contributed by atoms with Crippen LogP contribution in [0.5, 0.6) is 0 Å². The zero-order valence-electron chi connectivity index (χ0n) is 29.9. The molecule has 3 fully saturated rings. The van der Waals surface area contributed by atoms with Gasteiger partial charge in [0.2, 0.25) is 11.8 Å². The van der Waals surface area contributed by atoms with Crippen LogP contribution in [0.3, 0.4) is 0 Å². The van der Waals surface area contributed by atoms with Gasteiger partial charge >= 0.3 is 0 Å². The number of rotatable bonds is 6. The van der Waals surface area contributed by atoms with Crippen LogP contribution in [0.4, 0.5) is 11.4 Å². The number of amides is 3. The van der Waals surface area contributed by atoms with Gasteiger partial charge in [-0.15, -0.1) is 0 Å². The van der Waals surface area contributed by atoms with E-state index < -0.39 is 0 Å². The van der Waals surface area contributed by atoms with Gasteiger partial charge in [0.05, 0.1) is 0 Å². The number of carbonyl (C=O) groups is 3. The van der Waals surface area contributed by atoms with Gasteiger partial charge in [-0.2, -0.15) is 0 Å². The minimum atomic E-state index is -0.142. The van der Waals surface area contributed by atoms with Gasteiger partial charge in [0.1, 0.15) is 0 Å². The Morgan fingerprint density at radius 2 is 0.844 bits per heavy atom. The van der Waals surface area contributed by atoms with Crippen molar-refractivity contribution >= 4 is 29.1 Å². The summed E-state index contributed by atoms with van der Waals surface area (Å²) in [5.41, 5.74) is 2.44. The normalized spacial score (nSPS) is 28.2. The van der Waals surface area contributed by atoms with Gasteiger partial charge in [-0.3, -0.25) is 14.4 Å². The van der Waals surface area contributed by atoms with E-state index in [1.54, 1.807) is 12.1 Å². The highest BCUT2D eigenvalue weighted by molar-refractivity contribution is 6.01. The maximum Gasteiger partial charge on any atom is 0.251 e. The van der Waals surface area contributed by atoms with Gasteiger partial charge in [-0.25, -0.2) is 0 Å². The maximum absolute atomic E-state index is 13.6. The van der Waals surface area contributed by atoms with Crippen molar-refractivity contribution in [2.45, 2.75) is 145 Å². The first-order valence-electron chi connectivity index (χ1n) is 18.0. The van der Waals surface area contributed by atoms with E-state index in [0.29, 0.717) is 34.7 Å². The summed E-state index contributed by atoms with van der Waals surface area (Å²) in [5.74, 6) is 1.75. The summed E-state index contributed by atoms with van der Waals surface area (Å²) in [6, 6.07) is 5.52. The van der Waals surface area contributed by atoms with E-state index in [4.69, 9.17) is 0 Å². The predicted octanol–water partition coefficient (Wildman–Crippen LogP) is 9.60. The highest BCUT2D eigenvalue weighted by atomic mass is 16.2. The molecule has 1 aromatic carbocycles. The van der Waals surface area contributed by atoms with Crippen LogP contribution < -0.4 is 16.0 Å². The Labute approximate surface area is 274 Å². The number of benzene rings is 1. The Morgan fingerprint density at radius 3 is 1.18 bits per heavy atom. The smallest absolute Gasteiger partial charge is 0.251 e. The summed E-state index contributed by atoms with van der Waals surface area (Å²) in [7, 11) is 0. The SMILES string of the molecule is CC(C)(C)[C@H]1CC[C@@H](NC(=O)c2cc(NC(=O)[C@H]3CC[C@@H](C(C)(C)C)CC3)cc(NC(=O)[C@H]3CC[C@@H](C(C)(C)C)CC3)c2)CC1. The highest BCUT2D eigenvalue weighted by Gasteiger charge is 2.34. The third kappa shape index (κ3) is 9.81. The number of hydrogen-bond donors (Lipinski definition) is 3. The van der Waals surface area contributed by atoms with E-state index in [9.17, 15) is 14.4 Å². The van der Waals surface area contributed by atoms with Crippen LogP contribution in [0.25, 0.3) is 0 Å². The minimum Gasteiger partial charge on any atom is -0.349 e. The van der Waals surface area contributed by atoms with Crippen LogP contribution >= 0.6 is 0 Å². The maximum atomic E-state index is 13.6. The Balaban J connectivity index is 1.46. The van der Waals surface area contributed by atoms with Crippen molar-refractivity contribution in [1.29, 1.82) is 0 Å². The zero-order chi connectivity index (χ0) is 33.2. The molecule has 3 aliphatic carbocycles. The molecule has 0 atom stereocenters. The lowest BCUT2D eigenvalue weighted by Crippen LogP contribution is -2.39. The van der Waals surface area contributed by atoms with E-state index in [-0.39, 0.29) is 51.8 Å². The minimum absolute atomic E-state index is 0.0122. The first-order valence-corrected chi connectivity index (χ1v) is 18.0. The predicted molar refractivity (Wildman–Crippen MR) is 186 cm³/mol. The van der Waals surface area contributed by atoms with Crippen molar-refractivity contribution in [2.24, 2.45) is 45.8 Å². The van der Waals surface area contributed by atoms with Crippen molar-refractivity contribution in [3.8, 4) is 0 Å². The molecule has 3 aliphatic rings. The molecule has 3 N–H and O–H groups in total. The van der Waals surface area contributed by atoms with Crippen molar-refractivity contribution in [2.75, 3.05) is 10.6 Å². The zero-order valence-corrected chi connectivity index (χ0v) is 29.9. The average Bonchev–Trinajstić information content (AvgIpc) is 2.96. The molecule has 0 heterocycles. The first kappa shape index (κ1) is 35.5. The van der Waals surface area contributed by atoms with E-state index in [1.165, 1.54) is 0 Å². The van der Waals surface area contributed by atoms with Crippen LogP contribution in [0, 0.1) is 45.8 Å². The molecule has 0 aliphatic heterocycles. The van der Waals surface area contributed by atoms with Gasteiger partial charge < -0.3 is 16.0 Å². The quantitative estimate of drug-likeness (QED) is 0.296. The Hall–Kier alpha value is -2.37. The van der Waals surface area contributed by atoms with Crippen LogP contribution in [-0.4, -0.2) is 23.8 Å². The van der Waals surface area contributed by atoms with Crippen LogP contribution in [0.15, 0.2) is 18.2 Å². The molecule has 0 spiro atoms. The van der Waals surface area contributed by atoms with Gasteiger partial charge in [0, 0.05) is 34.8 Å². The van der Waals surface area contributed by atoms with Gasteiger partial charge in [0.15, 0.2) is 0 Å². The number of hydrogen-bond acceptors (Lipinski definition) is 3. The van der Waals surface area contributed by atoms with Gasteiger partial charge in [-0.1, -0.05) is 62.3 Å². The molecule has 6 nitrogen and oxygen atoms in total. The third-order valence-electron chi connectivity index (χ3n) is 11.7. The van der Waals surface area contributed by atoms with E-state index in [2.05, 4.69) is 78.3 Å². The van der Waals surface area contributed by atoms with Gasteiger partial charge in [-0.05, 0) is 129 Å². The molecule has 45 heavy (non-hydrogen) atoms. The largest absolute Gasteiger partial charge is 0.349 e. The molecule has 252 valence electrons. The Morgan fingerprint density at radius 1 is 0.511 bits per heavy atom. The second kappa shape index (κ2) is 14.2. The molecule has 1 aromatic rings. The fourth-order valence-corrected chi connectivity index (χ4v) is 8.21. The monoisotopic (exact) mass is 621 g/mol. The molecular weight excluding hydrogens is 558 g/mol. The van der Waals surface area contributed by atoms with Crippen molar-refractivity contribution in [3.05, 3.63) is 23.8 Å². The summed E-state index contributed by atoms with van der Waals surface area (Å²) in [5, 5.41) is 9.53. The molecule has 3 saturated carbocycles. The molecule has 0 radical (unpaired) electrons. The molecule has 0 saturated heterocycles. The molecule has 0 bridgehead atoms. The van der Waals surface area contributed by atoms with Crippen LogP contribution in [0.2, 0.25) is 0 Å². The summed E-state index contributed by atoms with van der Waals surface area (Å²) >= 11 is 0. The standard InChI is InChI=1S/C39H63N3O3/c1-37(2,3)28-14-10-25(11-15-28)34(43)41-32-22-27(36(45)40-31-20-18-30(19-21-31)39(7,8)9)23-33(24-32)42-35(44)26-12-16-29(17-13-26)38(4,5)6/h22-26,28-31H,10-21H2,1-9H3,(H,40,45)(H,41,43)(H,42,44)/t25-,26-,28+,29+,30-,31+. The molecule has 4 rings (SSSR count). The fourth-order valence-electron chi connectivity index (χ4n) is 8.21. The van der Waals surface area contributed by atoms with Gasteiger partial charge in [0.25, 0.3) is 5.91 Å². The topological polar surface area (TPSA) is 87.3 Å². The van der Waals surface area contributed by atoms with Crippen LogP contribution in [0.1, 0.15) is 150 Å². The molecule has 6 heteroatoms. The van der Waals surface area contributed by atoms with Crippen molar-refractivity contribution < 1.29 is 14.4 Å². The lowest BCUT2D eigenvalue weighted by Gasteiger charge is -2.37. The third-order valence-corrected chi connectivity index (χ3v) is 11.7. The van der Waals surface area contributed by atoms with Crippen molar-refractivity contribution in [1.82, 2.24) is 5.32 Å². The van der Waals surface area contributed by atoms with Crippen molar-refractivity contribution in [3.63, 3.8) is 0 Å². The highest BCUT2D eigenvalue weighted by Crippen LogP contribution is 2.42. The van der Waals surface area contributed by atoms with E-state index in [0.717, 1.165) is 77.0 Å². The second-order valence-electron chi connectivity index (χ2n) is 18.0. The summed E-state index contributed by atoms with van der Waals surface area (Å²) in [6.07, 6.45) is 11.9. The Kier molecular flexibility index (Phi) is 11.2. The lowest BCUT2D eigenvalue weighted by molar-refractivity contribution is -0.122. The molecule has 3 amide bonds. The summed E-state index contributed by atoms with van der Waals surface area (Å²) in [4.78, 5) is 40.4. The summed E-state index contributed by atoms with van der Waals surface area (Å²) in [6.45, 7) is 20.6. The first-order chi connectivity index (χ1) is 20.9. The number of nitrogens with one attached hydrogen (secondary N) is 3. The Bertz CT molecular complexity index is 1110. The fraction of sp³-hybridized carbons (Fsp3) is 0.769. The molecule has 0 aromatic heterocycles. The van der Waals surface area contributed by atoms with E-state index >= 15 is 0 Å². The number of anilines is 2.